The molecule has 0 aromatic carbocycles. The summed E-state index contributed by atoms with van der Waals surface area (Å²) in [4.78, 5) is 14.9. The maximum atomic E-state index is 13.0. The smallest absolute Gasteiger partial charge is 0.243 e. The fourth-order valence-corrected chi connectivity index (χ4v) is 4.23. The Morgan fingerprint density at radius 1 is 1.50 bits per heavy atom. The van der Waals surface area contributed by atoms with Gasteiger partial charge in [-0.2, -0.15) is 0 Å². The first-order valence-electron chi connectivity index (χ1n) is 7.74. The molecule has 2 N–H and O–H groups in total. The summed E-state index contributed by atoms with van der Waals surface area (Å²) in [6.45, 7) is 8.61. The van der Waals surface area contributed by atoms with Crippen molar-refractivity contribution in [1.29, 1.82) is 0 Å². The molecule has 1 aliphatic carbocycles. The van der Waals surface area contributed by atoms with Crippen LogP contribution in [0.2, 0.25) is 0 Å². The van der Waals surface area contributed by atoms with E-state index in [2.05, 4.69) is 26.8 Å². The molecule has 0 aromatic rings. The second kappa shape index (κ2) is 4.57. The molecular weight excluding hydrogens is 252 g/mol. The zero-order valence-corrected chi connectivity index (χ0v) is 12.8. The minimum Gasteiger partial charge on any atom is -0.377 e. The van der Waals surface area contributed by atoms with Gasteiger partial charge in [0.05, 0.1) is 6.10 Å². The van der Waals surface area contributed by atoms with E-state index < -0.39 is 5.54 Å². The van der Waals surface area contributed by atoms with Crippen LogP contribution in [0.3, 0.4) is 0 Å². The molecule has 1 amide bonds. The van der Waals surface area contributed by atoms with Crippen LogP contribution in [0.1, 0.15) is 40.0 Å². The highest BCUT2D eigenvalue weighted by atomic mass is 16.5. The van der Waals surface area contributed by atoms with Crippen LogP contribution in [-0.4, -0.2) is 42.1 Å². The monoisotopic (exact) mass is 278 g/mol. The molecule has 2 heterocycles. The highest BCUT2D eigenvalue weighted by Crippen LogP contribution is 2.58. The Balaban J connectivity index is 1.82. The number of hydrogen-bond donors (Lipinski definition) is 1. The van der Waals surface area contributed by atoms with Crippen molar-refractivity contribution in [2.24, 2.45) is 17.1 Å². The van der Waals surface area contributed by atoms with E-state index in [1.165, 1.54) is 5.57 Å². The van der Waals surface area contributed by atoms with Gasteiger partial charge in [-0.15, -0.1) is 0 Å². The summed E-state index contributed by atoms with van der Waals surface area (Å²) in [6, 6.07) is 0. The Morgan fingerprint density at radius 3 is 2.90 bits per heavy atom. The lowest BCUT2D eigenvalue weighted by molar-refractivity contribution is -0.230. The van der Waals surface area contributed by atoms with Crippen LogP contribution in [0.25, 0.3) is 0 Å². The van der Waals surface area contributed by atoms with E-state index >= 15 is 0 Å². The molecule has 0 aromatic heterocycles. The van der Waals surface area contributed by atoms with Gasteiger partial charge in [0.1, 0.15) is 5.54 Å². The first-order chi connectivity index (χ1) is 9.39. The Kier molecular flexibility index (Phi) is 3.22. The molecule has 0 bridgehead atoms. The van der Waals surface area contributed by atoms with Crippen LogP contribution in [0.4, 0.5) is 0 Å². The van der Waals surface area contributed by atoms with Crippen LogP contribution in [0, 0.1) is 11.3 Å². The third kappa shape index (κ3) is 1.70. The van der Waals surface area contributed by atoms with Crippen molar-refractivity contribution < 1.29 is 9.53 Å². The lowest BCUT2D eigenvalue weighted by atomic mass is 9.46. The van der Waals surface area contributed by atoms with E-state index in [0.717, 1.165) is 32.4 Å². The summed E-state index contributed by atoms with van der Waals surface area (Å²) in [5.41, 5.74) is 6.99. The highest BCUT2D eigenvalue weighted by Gasteiger charge is 2.70. The molecular formula is C16H26N2O2. The van der Waals surface area contributed by atoms with Gasteiger partial charge in [-0.25, -0.2) is 0 Å². The zero-order valence-electron chi connectivity index (χ0n) is 12.8. The number of amides is 1. The molecule has 1 saturated heterocycles. The van der Waals surface area contributed by atoms with Crippen molar-refractivity contribution in [3.05, 3.63) is 11.6 Å². The summed E-state index contributed by atoms with van der Waals surface area (Å²) in [5.74, 6) is 0.309. The van der Waals surface area contributed by atoms with E-state index in [1.807, 2.05) is 4.90 Å². The van der Waals surface area contributed by atoms with Gasteiger partial charge in [0.2, 0.25) is 5.91 Å². The van der Waals surface area contributed by atoms with E-state index in [-0.39, 0.29) is 23.3 Å². The standard InChI is InChI=1S/C16H26N2O2/c1-11-6-8-18(9-7-11)14(19)16(17)12-5-4-10-20-13(12)15(16,2)3/h6,12-13H,4-5,7-10,17H2,1-3H3. The number of carbonyl (C=O) groups is 1. The van der Waals surface area contributed by atoms with Gasteiger partial charge in [0.15, 0.2) is 0 Å². The number of nitrogens with zero attached hydrogens (tertiary/aromatic N) is 1. The number of carbonyl (C=O) groups excluding carboxylic acids is 1. The van der Waals surface area contributed by atoms with Gasteiger partial charge < -0.3 is 15.4 Å². The number of rotatable bonds is 1. The van der Waals surface area contributed by atoms with Crippen molar-refractivity contribution in [1.82, 2.24) is 4.90 Å². The summed E-state index contributed by atoms with van der Waals surface area (Å²) in [7, 11) is 0. The van der Waals surface area contributed by atoms with Crippen molar-refractivity contribution in [2.45, 2.75) is 51.7 Å². The van der Waals surface area contributed by atoms with Crippen LogP contribution < -0.4 is 5.73 Å². The molecule has 3 aliphatic rings. The molecule has 2 fully saturated rings. The van der Waals surface area contributed by atoms with Gasteiger partial charge in [0.25, 0.3) is 0 Å². The van der Waals surface area contributed by atoms with Crippen molar-refractivity contribution >= 4 is 5.91 Å². The number of ether oxygens (including phenoxy) is 1. The predicted molar refractivity (Wildman–Crippen MR) is 78.1 cm³/mol. The van der Waals surface area contributed by atoms with Gasteiger partial charge >= 0.3 is 0 Å². The molecule has 112 valence electrons. The fraction of sp³-hybridized carbons (Fsp3) is 0.812. The second-order valence-electron chi connectivity index (χ2n) is 7.18. The molecule has 1 saturated carbocycles. The topological polar surface area (TPSA) is 55.6 Å². The quantitative estimate of drug-likeness (QED) is 0.743. The Bertz CT molecular complexity index is 457. The van der Waals surface area contributed by atoms with E-state index in [1.54, 1.807) is 0 Å². The van der Waals surface area contributed by atoms with Gasteiger partial charge in [-0.3, -0.25) is 4.79 Å². The molecule has 0 spiro atoms. The average molecular weight is 278 g/mol. The molecule has 3 unspecified atom stereocenters. The Labute approximate surface area is 121 Å². The van der Waals surface area contributed by atoms with Gasteiger partial charge in [0, 0.05) is 31.0 Å². The first kappa shape index (κ1) is 14.1. The largest absolute Gasteiger partial charge is 0.377 e. The molecule has 4 heteroatoms. The normalized spacial score (nSPS) is 39.6. The summed E-state index contributed by atoms with van der Waals surface area (Å²) < 4.78 is 5.88. The Hall–Kier alpha value is -0.870. The minimum atomic E-state index is -0.753. The van der Waals surface area contributed by atoms with Crippen molar-refractivity contribution in [2.75, 3.05) is 19.7 Å². The lowest BCUT2D eigenvalue weighted by Gasteiger charge is -2.65. The maximum absolute atomic E-state index is 13.0. The Morgan fingerprint density at radius 2 is 2.25 bits per heavy atom. The lowest BCUT2D eigenvalue weighted by Crippen LogP contribution is -2.82. The second-order valence-corrected chi connectivity index (χ2v) is 7.18. The van der Waals surface area contributed by atoms with E-state index in [0.29, 0.717) is 6.54 Å². The van der Waals surface area contributed by atoms with E-state index in [4.69, 9.17) is 10.5 Å². The third-order valence-corrected chi connectivity index (χ3v) is 5.76. The molecule has 4 nitrogen and oxygen atoms in total. The van der Waals surface area contributed by atoms with Crippen LogP contribution in [0.5, 0.6) is 0 Å². The summed E-state index contributed by atoms with van der Waals surface area (Å²) in [5, 5.41) is 0. The SMILES string of the molecule is CC1=CCN(C(=O)C2(N)C3CCCOC3C2(C)C)CC1. The first-order valence-corrected chi connectivity index (χ1v) is 7.74. The number of fused-ring (bicyclic) bond motifs is 1. The molecule has 3 rings (SSSR count). The number of hydrogen-bond acceptors (Lipinski definition) is 3. The molecule has 3 atom stereocenters. The molecule has 20 heavy (non-hydrogen) atoms. The third-order valence-electron chi connectivity index (χ3n) is 5.76. The highest BCUT2D eigenvalue weighted by molar-refractivity contribution is 5.89. The number of nitrogens with two attached hydrogens (primary N) is 1. The maximum Gasteiger partial charge on any atom is 0.243 e. The summed E-state index contributed by atoms with van der Waals surface area (Å²) >= 11 is 0. The van der Waals surface area contributed by atoms with Gasteiger partial charge in [-0.1, -0.05) is 25.5 Å². The van der Waals surface area contributed by atoms with Crippen molar-refractivity contribution in [3.63, 3.8) is 0 Å². The summed E-state index contributed by atoms with van der Waals surface area (Å²) in [6.07, 6.45) is 5.28. The van der Waals surface area contributed by atoms with Gasteiger partial charge in [-0.05, 0) is 26.2 Å². The predicted octanol–water partition coefficient (Wildman–Crippen LogP) is 1.70. The van der Waals surface area contributed by atoms with Crippen LogP contribution in [0.15, 0.2) is 11.6 Å². The fourth-order valence-electron chi connectivity index (χ4n) is 4.23. The zero-order chi connectivity index (χ0) is 14.5. The van der Waals surface area contributed by atoms with Crippen LogP contribution in [-0.2, 0) is 9.53 Å². The minimum absolute atomic E-state index is 0.123. The average Bonchev–Trinajstić information content (AvgIpc) is 2.46. The van der Waals surface area contributed by atoms with Crippen LogP contribution >= 0.6 is 0 Å². The van der Waals surface area contributed by atoms with E-state index in [9.17, 15) is 4.79 Å². The van der Waals surface area contributed by atoms with Crippen molar-refractivity contribution in [3.8, 4) is 0 Å². The molecule has 2 aliphatic heterocycles. The molecule has 0 radical (unpaired) electrons.